The number of para-hydroxylation sites is 2. The van der Waals surface area contributed by atoms with Crippen molar-refractivity contribution < 1.29 is 23.1 Å². The van der Waals surface area contributed by atoms with Gasteiger partial charge in [-0.15, -0.1) is 0 Å². The fourth-order valence-corrected chi connectivity index (χ4v) is 7.48. The smallest absolute Gasteiger partial charge is 0.297 e. The summed E-state index contributed by atoms with van der Waals surface area (Å²) in [7, 11) is -2.51. The summed E-state index contributed by atoms with van der Waals surface area (Å²) in [6.07, 6.45) is 0.938. The molecule has 4 aromatic carbocycles. The van der Waals surface area contributed by atoms with Gasteiger partial charge in [-0.25, -0.2) is 4.98 Å². The highest BCUT2D eigenvalue weighted by atomic mass is 32.2. The molecule has 2 N–H and O–H groups in total. The molecule has 0 spiro atoms. The minimum Gasteiger partial charge on any atom is -0.512 e. The first-order valence-corrected chi connectivity index (χ1v) is 16.4. The van der Waals surface area contributed by atoms with Gasteiger partial charge in [-0.05, 0) is 47.4 Å². The van der Waals surface area contributed by atoms with Gasteiger partial charge in [0.25, 0.3) is 10.0 Å². The third-order valence-electron chi connectivity index (χ3n) is 8.62. The van der Waals surface area contributed by atoms with Crippen molar-refractivity contribution in [3.63, 3.8) is 0 Å². The van der Waals surface area contributed by atoms with E-state index in [1.165, 1.54) is 11.4 Å². The Morgan fingerprint density at radius 3 is 2.24 bits per heavy atom. The Labute approximate surface area is 263 Å². The first kappa shape index (κ1) is 30.3. The van der Waals surface area contributed by atoms with E-state index in [0.29, 0.717) is 28.7 Å². The number of anilines is 1. The van der Waals surface area contributed by atoms with E-state index < -0.39 is 21.7 Å². The van der Waals surface area contributed by atoms with Crippen molar-refractivity contribution in [1.82, 2.24) is 9.97 Å². The number of aldehydes is 1. The van der Waals surface area contributed by atoms with E-state index in [-0.39, 0.29) is 29.7 Å². The quantitative estimate of drug-likeness (QED) is 0.162. The van der Waals surface area contributed by atoms with Crippen molar-refractivity contribution in [2.75, 3.05) is 11.4 Å². The molecule has 6 rings (SSSR count). The molecular formula is C36H35N3O5S. The number of carbonyl (C=O) groups excluding carboxylic acids is 1. The van der Waals surface area contributed by atoms with Crippen molar-refractivity contribution in [3.8, 4) is 0 Å². The lowest BCUT2D eigenvalue weighted by Gasteiger charge is -2.44. The number of fused-ring (bicyclic) bond motifs is 1. The maximum absolute atomic E-state index is 13.6. The minimum atomic E-state index is -4.00. The van der Waals surface area contributed by atoms with Crippen molar-refractivity contribution >= 4 is 33.0 Å². The zero-order chi connectivity index (χ0) is 31.6. The van der Waals surface area contributed by atoms with Crippen LogP contribution >= 0.6 is 0 Å². The van der Waals surface area contributed by atoms with Gasteiger partial charge in [0.1, 0.15) is 11.9 Å². The highest BCUT2D eigenvalue weighted by Gasteiger charge is 2.46. The number of benzene rings is 4. The molecule has 1 aromatic heterocycles. The number of carbonyl (C=O) groups is 1. The number of aromatic nitrogens is 2. The zero-order valence-corrected chi connectivity index (χ0v) is 25.9. The topological polar surface area (TPSA) is 113 Å². The molecule has 0 saturated carbocycles. The maximum Gasteiger partial charge on any atom is 0.297 e. The van der Waals surface area contributed by atoms with E-state index in [0.717, 1.165) is 23.0 Å². The number of aliphatic hydroxyl groups is 1. The van der Waals surface area contributed by atoms with Gasteiger partial charge in [-0.1, -0.05) is 91.9 Å². The van der Waals surface area contributed by atoms with E-state index in [1.54, 1.807) is 30.3 Å². The average Bonchev–Trinajstić information content (AvgIpc) is 3.52. The summed E-state index contributed by atoms with van der Waals surface area (Å²) in [6.45, 7) is 2.00. The molecule has 5 aromatic rings. The highest BCUT2D eigenvalue weighted by molar-refractivity contribution is 7.92. The number of hydrogen-bond acceptors (Lipinski definition) is 6. The lowest BCUT2D eigenvalue weighted by molar-refractivity contribution is -0.116. The molecule has 45 heavy (non-hydrogen) atoms. The molecule has 2 unspecified atom stereocenters. The van der Waals surface area contributed by atoms with Gasteiger partial charge in [-0.2, -0.15) is 8.42 Å². The first-order valence-electron chi connectivity index (χ1n) is 15.0. The average molecular weight is 622 g/mol. The van der Waals surface area contributed by atoms with Gasteiger partial charge in [0.15, 0.2) is 0 Å². The zero-order valence-electron chi connectivity index (χ0n) is 25.1. The molecule has 0 radical (unpaired) electrons. The summed E-state index contributed by atoms with van der Waals surface area (Å²) >= 11 is 0. The monoisotopic (exact) mass is 621 g/mol. The molecule has 1 aliphatic rings. The molecule has 0 bridgehead atoms. The number of imidazole rings is 1. The molecule has 0 saturated heterocycles. The number of nitrogens with one attached hydrogen (secondary N) is 1. The lowest BCUT2D eigenvalue weighted by Crippen LogP contribution is -2.42. The largest absolute Gasteiger partial charge is 0.512 e. The van der Waals surface area contributed by atoms with Crippen LogP contribution in [0.5, 0.6) is 0 Å². The summed E-state index contributed by atoms with van der Waals surface area (Å²) in [4.78, 5) is 19.3. The van der Waals surface area contributed by atoms with Crippen LogP contribution in [0, 0.1) is 0 Å². The Kier molecular flexibility index (Phi) is 8.31. The third-order valence-corrected chi connectivity index (χ3v) is 10.2. The van der Waals surface area contributed by atoms with Gasteiger partial charge in [0, 0.05) is 31.4 Å². The first-order chi connectivity index (χ1) is 21.8. The maximum atomic E-state index is 13.6. The Morgan fingerprint density at radius 1 is 0.978 bits per heavy atom. The number of sulfonamides is 1. The summed E-state index contributed by atoms with van der Waals surface area (Å²) in [5.74, 6) is -0.164. The Balaban J connectivity index is 1.40. The molecule has 0 aliphatic carbocycles. The van der Waals surface area contributed by atoms with E-state index in [2.05, 4.69) is 9.97 Å². The third kappa shape index (κ3) is 5.54. The van der Waals surface area contributed by atoms with Gasteiger partial charge in [0.2, 0.25) is 5.16 Å². The molecule has 9 heteroatoms. The molecule has 0 amide bonds. The Hall–Kier alpha value is -4.73. The number of hydrogen-bond donors (Lipinski definition) is 2. The van der Waals surface area contributed by atoms with E-state index in [1.807, 2.05) is 85.8 Å². The van der Waals surface area contributed by atoms with Gasteiger partial charge in [0.05, 0.1) is 28.6 Å². The number of nitrogens with zero attached hydrogens (tertiary/aromatic N) is 2. The van der Waals surface area contributed by atoms with Crippen molar-refractivity contribution in [2.45, 2.75) is 49.0 Å². The van der Waals surface area contributed by atoms with Gasteiger partial charge < -0.3 is 19.6 Å². The van der Waals surface area contributed by atoms with Gasteiger partial charge >= 0.3 is 0 Å². The second-order valence-corrected chi connectivity index (χ2v) is 13.1. The molecule has 0 fully saturated rings. The van der Waals surface area contributed by atoms with Crippen LogP contribution in [0.1, 0.15) is 48.8 Å². The van der Waals surface area contributed by atoms with Crippen LogP contribution in [-0.4, -0.2) is 42.9 Å². The SMILES string of the molecule is CCC(C1=C(O)CC(c2ccccc2)(c2ccccc2)OC1CC=O)c1cccc(N(C)S(=O)(=O)c2nc3ccccc3[nH]2)c1. The molecule has 1 aliphatic heterocycles. The van der Waals surface area contributed by atoms with E-state index >= 15 is 0 Å². The van der Waals surface area contributed by atoms with Crippen LogP contribution in [0.15, 0.2) is 126 Å². The van der Waals surface area contributed by atoms with Crippen LogP contribution in [0.3, 0.4) is 0 Å². The number of ether oxygens (including phenoxy) is 1. The van der Waals surface area contributed by atoms with Crippen LogP contribution in [0.25, 0.3) is 11.0 Å². The van der Waals surface area contributed by atoms with Crippen LogP contribution in [0.4, 0.5) is 5.69 Å². The highest BCUT2D eigenvalue weighted by Crippen LogP contribution is 2.49. The molecule has 2 heterocycles. The summed E-state index contributed by atoms with van der Waals surface area (Å²) < 4.78 is 35.3. The predicted octanol–water partition coefficient (Wildman–Crippen LogP) is 7.02. The number of rotatable bonds is 10. The summed E-state index contributed by atoms with van der Waals surface area (Å²) in [6, 6.07) is 33.9. The van der Waals surface area contributed by atoms with Crippen LogP contribution < -0.4 is 4.31 Å². The minimum absolute atomic E-state index is 0.0529. The van der Waals surface area contributed by atoms with Crippen molar-refractivity contribution in [2.24, 2.45) is 0 Å². The summed E-state index contributed by atoms with van der Waals surface area (Å²) in [5.41, 5.74) is 3.83. The van der Waals surface area contributed by atoms with E-state index in [9.17, 15) is 18.3 Å². The van der Waals surface area contributed by atoms with Crippen LogP contribution in [-0.2, 0) is 25.2 Å². The van der Waals surface area contributed by atoms with Gasteiger partial charge in [-0.3, -0.25) is 4.31 Å². The number of H-pyrrole nitrogens is 1. The normalized spacial score (nSPS) is 17.2. The van der Waals surface area contributed by atoms with Crippen LogP contribution in [0.2, 0.25) is 0 Å². The van der Waals surface area contributed by atoms with Crippen molar-refractivity contribution in [3.05, 3.63) is 137 Å². The summed E-state index contributed by atoms with van der Waals surface area (Å²) in [5, 5.41) is 11.7. The number of aromatic amines is 1. The molecule has 2 atom stereocenters. The Bertz CT molecular complexity index is 1880. The second kappa shape index (κ2) is 12.3. The fourth-order valence-electron chi connectivity index (χ4n) is 6.37. The molecule has 8 nitrogen and oxygen atoms in total. The fraction of sp³-hybridized carbons (Fsp3) is 0.222. The van der Waals surface area contributed by atoms with Crippen molar-refractivity contribution in [1.29, 1.82) is 0 Å². The second-order valence-electron chi connectivity index (χ2n) is 11.2. The predicted molar refractivity (Wildman–Crippen MR) is 175 cm³/mol. The molecule has 230 valence electrons. The number of aliphatic hydroxyl groups excluding tert-OH is 1. The standard InChI is InChI=1S/C36H35N3O5S/c1-3-29(25-13-12-18-28(23-25)39(2)45(42,43)35-37-30-19-10-11-20-31(30)38-35)34-32(41)24-36(44-33(34)21-22-40,26-14-6-4-7-15-26)27-16-8-5-9-17-27/h4-20,22-23,29,33,41H,3,21,24H2,1-2H3,(H,37,38). The molecular weight excluding hydrogens is 586 g/mol. The Morgan fingerprint density at radius 2 is 1.62 bits per heavy atom. The lowest BCUT2D eigenvalue weighted by atomic mass is 9.75. The van der Waals surface area contributed by atoms with E-state index in [4.69, 9.17) is 4.74 Å².